The van der Waals surface area contributed by atoms with E-state index in [1.807, 2.05) is 45.2 Å². The van der Waals surface area contributed by atoms with E-state index in [1.165, 1.54) is 28.7 Å². The maximum Gasteiger partial charge on any atom is 0 e. The van der Waals surface area contributed by atoms with Crippen molar-refractivity contribution in [3.8, 4) is 33.6 Å². The second-order valence-electron chi connectivity index (χ2n) is 13.8. The Morgan fingerprint density at radius 3 is 2.16 bits per heavy atom. The van der Waals surface area contributed by atoms with E-state index in [9.17, 15) is 8.78 Å². The molecule has 2 nitrogen and oxygen atoms in total. The molecule has 251 valence electrons. The Bertz CT molecular complexity index is 2280. The zero-order valence-corrected chi connectivity index (χ0v) is 33.6. The number of thiophene rings is 1. The molecule has 0 spiro atoms. The van der Waals surface area contributed by atoms with Gasteiger partial charge in [-0.3, -0.25) is 0 Å². The molecule has 0 aliphatic carbocycles. The molecule has 3 heterocycles. The van der Waals surface area contributed by atoms with Crippen molar-refractivity contribution in [3.63, 3.8) is 0 Å². The van der Waals surface area contributed by atoms with Gasteiger partial charge in [0.05, 0.1) is 0 Å². The molecule has 0 atom stereocenters. The van der Waals surface area contributed by atoms with Gasteiger partial charge in [-0.05, 0) is 63.0 Å². The first-order valence-corrected chi connectivity index (χ1v) is 24.0. The largest absolute Gasteiger partial charge is 0 e. The average molecular weight is 908 g/mol. The van der Waals surface area contributed by atoms with Crippen molar-refractivity contribution < 1.29 is 31.6 Å². The minimum atomic E-state index is -1.79. The Balaban J connectivity index is 0.000000237. The van der Waals surface area contributed by atoms with Crippen LogP contribution in [0.25, 0.3) is 53.8 Å². The Labute approximate surface area is 311 Å². The van der Waals surface area contributed by atoms with Crippen molar-refractivity contribution in [2.45, 2.75) is 44.4 Å². The van der Waals surface area contributed by atoms with Crippen LogP contribution in [0.2, 0.25) is 17.3 Å². The zero-order valence-electron chi connectivity index (χ0n) is 30.3. The van der Waals surface area contributed by atoms with Gasteiger partial charge in [0.25, 0.3) is 0 Å². The second-order valence-corrected chi connectivity index (χ2v) is 25.5. The first-order chi connectivity index (χ1) is 23.6. The van der Waals surface area contributed by atoms with Gasteiger partial charge in [0.2, 0.25) is 0 Å². The molecule has 0 unspecified atom stereocenters. The second kappa shape index (κ2) is 15.1. The van der Waals surface area contributed by atoms with Crippen LogP contribution in [0.15, 0.2) is 109 Å². The van der Waals surface area contributed by atoms with Crippen molar-refractivity contribution in [3.05, 3.63) is 139 Å². The van der Waals surface area contributed by atoms with Crippen LogP contribution in [-0.4, -0.2) is 23.2 Å². The maximum atomic E-state index is 13.3. The molecular formula is C42H38F2GeIrN2S-2. The molecule has 0 saturated heterocycles. The third kappa shape index (κ3) is 8.98. The Morgan fingerprint density at radius 2 is 1.51 bits per heavy atom. The van der Waals surface area contributed by atoms with E-state index in [2.05, 4.69) is 69.7 Å². The average Bonchev–Trinajstić information content (AvgIpc) is 3.47. The summed E-state index contributed by atoms with van der Waals surface area (Å²) in [5, 5.41) is 2.28. The molecule has 4 aromatic carbocycles. The number of nitrogens with zero attached hydrogens (tertiary/aromatic N) is 2. The van der Waals surface area contributed by atoms with E-state index in [0.717, 1.165) is 53.8 Å². The smallest absolute Gasteiger partial charge is 0 e. The van der Waals surface area contributed by atoms with E-state index in [1.54, 1.807) is 41.8 Å². The molecule has 0 N–H and O–H groups in total. The van der Waals surface area contributed by atoms with Crippen molar-refractivity contribution in [2.75, 3.05) is 0 Å². The predicted octanol–water partition coefficient (Wildman–Crippen LogP) is 11.5. The Hall–Kier alpha value is -3.55. The van der Waals surface area contributed by atoms with Crippen molar-refractivity contribution in [1.82, 2.24) is 9.97 Å². The van der Waals surface area contributed by atoms with Gasteiger partial charge >= 0.3 is 104 Å². The molecule has 7 heteroatoms. The van der Waals surface area contributed by atoms with Gasteiger partial charge < -0.3 is 4.98 Å². The van der Waals surface area contributed by atoms with Gasteiger partial charge in [0, 0.05) is 33.7 Å². The van der Waals surface area contributed by atoms with Gasteiger partial charge in [-0.1, -0.05) is 62.1 Å². The van der Waals surface area contributed by atoms with E-state index >= 15 is 0 Å². The zero-order chi connectivity index (χ0) is 35.8. The summed E-state index contributed by atoms with van der Waals surface area (Å²) in [5.41, 5.74) is 5.36. The van der Waals surface area contributed by atoms with Crippen LogP contribution in [0.1, 0.15) is 29.1 Å². The van der Waals surface area contributed by atoms with E-state index in [-0.39, 0.29) is 31.7 Å². The fraction of sp³-hybridized carbons (Fsp3) is 0.190. The van der Waals surface area contributed by atoms with Gasteiger partial charge in [0.1, 0.15) is 5.82 Å². The molecule has 0 amide bonds. The monoisotopic (exact) mass is 909 g/mol. The van der Waals surface area contributed by atoms with Crippen LogP contribution in [0.3, 0.4) is 0 Å². The fourth-order valence-corrected chi connectivity index (χ4v) is 8.81. The summed E-state index contributed by atoms with van der Waals surface area (Å²) in [5.74, 6) is 6.49. The van der Waals surface area contributed by atoms with Crippen LogP contribution in [-0.2, 0) is 26.5 Å². The van der Waals surface area contributed by atoms with Crippen LogP contribution in [0.5, 0.6) is 0 Å². The van der Waals surface area contributed by atoms with Crippen molar-refractivity contribution in [1.29, 1.82) is 0 Å². The van der Waals surface area contributed by atoms with Crippen LogP contribution in [0.4, 0.5) is 8.78 Å². The van der Waals surface area contributed by atoms with Gasteiger partial charge in [0.15, 0.2) is 0 Å². The fourth-order valence-electron chi connectivity index (χ4n) is 5.39. The SMILES string of the molecule is [2H]C([2H])(c1ccnc(-c2[c-]ccc3c2sc2cc(-c4ccc(F)cc4)ccc23)c1)C(C)(C)C.[CH3][Ge]([CH3])([CH3])[c]1ccc(-c2[c-]cc(F)cc2)nc1.[Ir]. The van der Waals surface area contributed by atoms with Gasteiger partial charge in [-0.2, -0.15) is 11.3 Å². The molecule has 7 rings (SSSR count). The predicted molar refractivity (Wildman–Crippen MR) is 201 cm³/mol. The molecule has 7 aromatic rings. The quantitative estimate of drug-likeness (QED) is 0.127. The van der Waals surface area contributed by atoms with Crippen LogP contribution >= 0.6 is 11.3 Å². The molecular weight excluding hydrogens is 867 g/mol. The summed E-state index contributed by atoms with van der Waals surface area (Å²) in [6.07, 6.45) is 2.14. The minimum absolute atomic E-state index is 0. The summed E-state index contributed by atoms with van der Waals surface area (Å²) >= 11 is -0.112. The maximum absolute atomic E-state index is 13.3. The normalized spacial score (nSPS) is 12.5. The van der Waals surface area contributed by atoms with Crippen LogP contribution < -0.4 is 4.40 Å². The minimum Gasteiger partial charge on any atom is 0 e. The van der Waals surface area contributed by atoms with Crippen molar-refractivity contribution in [2.24, 2.45) is 5.41 Å². The molecule has 0 saturated carbocycles. The number of hydrogen-bond acceptors (Lipinski definition) is 3. The number of aromatic nitrogens is 2. The standard InChI is InChI=1S/C28H23FNS.C14H15FGeN.Ir/c1-28(2,3)17-18-13-14-30-25(15-18)24-6-4-5-23-22-12-9-20(16-26(22)31-27(23)24)19-7-10-21(29)11-8-19;1-16(2,3)13-8-9-14(17-10-13)11-4-6-12(15)7-5-11;/h4-5,7-16H,17H2,1-3H3;4,6-10H,1-3H3;/q2*-1;/i17D2;;. The van der Waals surface area contributed by atoms with E-state index in [4.69, 9.17) is 2.74 Å². The van der Waals surface area contributed by atoms with E-state index < -0.39 is 25.1 Å². The summed E-state index contributed by atoms with van der Waals surface area (Å²) in [4.78, 5) is 9.01. The summed E-state index contributed by atoms with van der Waals surface area (Å²) < 4.78 is 47.0. The van der Waals surface area contributed by atoms with Crippen molar-refractivity contribution >= 4 is 49.2 Å². The summed E-state index contributed by atoms with van der Waals surface area (Å²) in [7, 11) is 0. The number of halogens is 2. The molecule has 0 bridgehead atoms. The number of benzene rings is 4. The van der Waals surface area contributed by atoms with Crippen LogP contribution in [0, 0.1) is 29.2 Å². The molecule has 3 aromatic heterocycles. The molecule has 0 fully saturated rings. The molecule has 0 aliphatic rings. The molecule has 49 heavy (non-hydrogen) atoms. The molecule has 0 aliphatic heterocycles. The molecule has 1 radical (unpaired) electrons. The first kappa shape index (κ1) is 33.9. The number of hydrogen-bond donors (Lipinski definition) is 0. The number of fused-ring (bicyclic) bond motifs is 3. The number of pyridine rings is 2. The third-order valence-electron chi connectivity index (χ3n) is 7.83. The topological polar surface area (TPSA) is 25.8 Å². The summed E-state index contributed by atoms with van der Waals surface area (Å²) in [6.45, 7) is 5.72. The Morgan fingerprint density at radius 1 is 0.776 bits per heavy atom. The number of rotatable bonds is 5. The van der Waals surface area contributed by atoms with Gasteiger partial charge in [-0.15, -0.1) is 23.8 Å². The van der Waals surface area contributed by atoms with E-state index in [0.29, 0.717) is 5.56 Å². The third-order valence-corrected chi connectivity index (χ3v) is 13.3. The first-order valence-electron chi connectivity index (χ1n) is 16.9. The summed E-state index contributed by atoms with van der Waals surface area (Å²) in [6, 6.07) is 35.3. The Kier molecular flexibility index (Phi) is 10.5. The van der Waals surface area contributed by atoms with Gasteiger partial charge in [-0.25, -0.2) is 4.39 Å².